The van der Waals surface area contributed by atoms with Gasteiger partial charge in [-0.25, -0.2) is 0 Å². The van der Waals surface area contributed by atoms with Gasteiger partial charge in [-0.1, -0.05) is 30.3 Å². The molecule has 1 aromatic heterocycles. The van der Waals surface area contributed by atoms with E-state index in [1.807, 2.05) is 48.7 Å². The first kappa shape index (κ1) is 16.8. The molecule has 1 N–H and O–H groups in total. The highest BCUT2D eigenvalue weighted by Gasteiger charge is 2.15. The number of methoxy groups -OCH3 is 2. The smallest absolute Gasteiger partial charge is 0.217 e. The molecule has 128 valence electrons. The van der Waals surface area contributed by atoms with Crippen LogP contribution in [0.5, 0.6) is 11.5 Å². The second-order valence-electron chi connectivity index (χ2n) is 5.66. The SMILES string of the molecule is COc1cc2cnc(-c3ccccc3)c(CNC(C)=O)c2cc1OC. The number of rotatable bonds is 5. The van der Waals surface area contributed by atoms with Gasteiger partial charge in [0.25, 0.3) is 0 Å². The molecular formula is C20H20N2O3. The van der Waals surface area contributed by atoms with E-state index in [9.17, 15) is 4.79 Å². The van der Waals surface area contributed by atoms with Crippen LogP contribution in [0.15, 0.2) is 48.7 Å². The number of benzene rings is 2. The number of amides is 1. The minimum Gasteiger partial charge on any atom is -0.493 e. The first-order valence-corrected chi connectivity index (χ1v) is 7.97. The monoisotopic (exact) mass is 336 g/mol. The van der Waals surface area contributed by atoms with E-state index in [1.165, 1.54) is 6.92 Å². The molecule has 0 unspecified atom stereocenters. The Labute approximate surface area is 146 Å². The lowest BCUT2D eigenvalue weighted by atomic mass is 9.99. The van der Waals surface area contributed by atoms with Gasteiger partial charge in [-0.2, -0.15) is 0 Å². The van der Waals surface area contributed by atoms with E-state index in [1.54, 1.807) is 14.2 Å². The van der Waals surface area contributed by atoms with Crippen molar-refractivity contribution < 1.29 is 14.3 Å². The number of fused-ring (bicyclic) bond motifs is 1. The van der Waals surface area contributed by atoms with Crippen LogP contribution in [0.2, 0.25) is 0 Å². The maximum Gasteiger partial charge on any atom is 0.217 e. The zero-order valence-electron chi connectivity index (χ0n) is 14.5. The number of carbonyl (C=O) groups is 1. The highest BCUT2D eigenvalue weighted by atomic mass is 16.5. The summed E-state index contributed by atoms with van der Waals surface area (Å²) in [4.78, 5) is 16.1. The summed E-state index contributed by atoms with van der Waals surface area (Å²) >= 11 is 0. The van der Waals surface area contributed by atoms with Crippen molar-refractivity contribution in [1.82, 2.24) is 10.3 Å². The Morgan fingerprint density at radius 1 is 1.08 bits per heavy atom. The Morgan fingerprint density at radius 3 is 2.40 bits per heavy atom. The Morgan fingerprint density at radius 2 is 1.76 bits per heavy atom. The molecule has 0 aliphatic carbocycles. The molecule has 0 atom stereocenters. The van der Waals surface area contributed by atoms with Crippen molar-refractivity contribution in [3.05, 3.63) is 54.2 Å². The van der Waals surface area contributed by atoms with E-state index in [0.717, 1.165) is 27.6 Å². The number of nitrogens with one attached hydrogen (secondary N) is 1. The number of nitrogens with zero attached hydrogens (tertiary/aromatic N) is 1. The Kier molecular flexibility index (Phi) is 4.84. The lowest BCUT2D eigenvalue weighted by Crippen LogP contribution is -2.20. The van der Waals surface area contributed by atoms with Gasteiger partial charge < -0.3 is 14.8 Å². The van der Waals surface area contributed by atoms with Crippen LogP contribution in [-0.4, -0.2) is 25.1 Å². The average molecular weight is 336 g/mol. The van der Waals surface area contributed by atoms with Crippen molar-refractivity contribution in [2.24, 2.45) is 0 Å². The molecule has 3 aromatic rings. The highest BCUT2D eigenvalue weighted by Crippen LogP contribution is 2.36. The normalized spacial score (nSPS) is 10.5. The fraction of sp³-hybridized carbons (Fsp3) is 0.200. The van der Waals surface area contributed by atoms with E-state index >= 15 is 0 Å². The molecule has 0 saturated carbocycles. The van der Waals surface area contributed by atoms with Crippen molar-refractivity contribution in [2.75, 3.05) is 14.2 Å². The molecule has 5 heteroatoms. The zero-order valence-corrected chi connectivity index (χ0v) is 14.5. The number of hydrogen-bond donors (Lipinski definition) is 1. The first-order chi connectivity index (χ1) is 12.1. The molecule has 1 amide bonds. The molecule has 1 heterocycles. The van der Waals surface area contributed by atoms with Crippen LogP contribution in [0.1, 0.15) is 12.5 Å². The Balaban J connectivity index is 2.25. The maximum absolute atomic E-state index is 11.4. The Hall–Kier alpha value is -3.08. The summed E-state index contributed by atoms with van der Waals surface area (Å²) < 4.78 is 10.8. The van der Waals surface area contributed by atoms with Gasteiger partial charge in [0.2, 0.25) is 5.91 Å². The van der Waals surface area contributed by atoms with E-state index in [4.69, 9.17) is 9.47 Å². The summed E-state index contributed by atoms with van der Waals surface area (Å²) in [5.41, 5.74) is 2.79. The third-order valence-electron chi connectivity index (χ3n) is 4.06. The van der Waals surface area contributed by atoms with E-state index in [2.05, 4.69) is 10.3 Å². The molecule has 25 heavy (non-hydrogen) atoms. The van der Waals surface area contributed by atoms with Crippen LogP contribution in [0.4, 0.5) is 0 Å². The summed E-state index contributed by atoms with van der Waals surface area (Å²) in [6.45, 7) is 1.89. The molecule has 0 aliphatic rings. The minimum absolute atomic E-state index is 0.0866. The van der Waals surface area contributed by atoms with Gasteiger partial charge in [0.1, 0.15) is 0 Å². The predicted molar refractivity (Wildman–Crippen MR) is 97.8 cm³/mol. The van der Waals surface area contributed by atoms with Crippen LogP contribution in [0, 0.1) is 0 Å². The summed E-state index contributed by atoms with van der Waals surface area (Å²) in [7, 11) is 3.21. The van der Waals surface area contributed by atoms with Crippen molar-refractivity contribution in [1.29, 1.82) is 0 Å². The number of pyridine rings is 1. The van der Waals surface area contributed by atoms with Crippen molar-refractivity contribution in [3.63, 3.8) is 0 Å². The van der Waals surface area contributed by atoms with Gasteiger partial charge in [0.15, 0.2) is 11.5 Å². The molecule has 0 spiro atoms. The van der Waals surface area contributed by atoms with Gasteiger partial charge in [0, 0.05) is 36.2 Å². The molecule has 0 fully saturated rings. The van der Waals surface area contributed by atoms with Crippen molar-refractivity contribution in [2.45, 2.75) is 13.5 Å². The zero-order chi connectivity index (χ0) is 17.8. The molecule has 0 aliphatic heterocycles. The van der Waals surface area contributed by atoms with Crippen LogP contribution in [0.25, 0.3) is 22.0 Å². The molecule has 5 nitrogen and oxygen atoms in total. The van der Waals surface area contributed by atoms with Crippen LogP contribution >= 0.6 is 0 Å². The largest absolute Gasteiger partial charge is 0.493 e. The second-order valence-corrected chi connectivity index (χ2v) is 5.66. The summed E-state index contributed by atoms with van der Waals surface area (Å²) in [5.74, 6) is 1.20. The van der Waals surface area contributed by atoms with E-state index in [0.29, 0.717) is 18.0 Å². The van der Waals surface area contributed by atoms with Crippen LogP contribution in [-0.2, 0) is 11.3 Å². The summed E-state index contributed by atoms with van der Waals surface area (Å²) in [6, 6.07) is 13.7. The van der Waals surface area contributed by atoms with Gasteiger partial charge >= 0.3 is 0 Å². The number of carbonyl (C=O) groups excluding carboxylic acids is 1. The second kappa shape index (κ2) is 7.21. The summed E-state index contributed by atoms with van der Waals surface area (Å²) in [5, 5.41) is 4.78. The van der Waals surface area contributed by atoms with Crippen molar-refractivity contribution >= 4 is 16.7 Å². The van der Waals surface area contributed by atoms with Crippen LogP contribution < -0.4 is 14.8 Å². The standard InChI is InChI=1S/C20H20N2O3/c1-13(23)21-12-17-16-10-19(25-3)18(24-2)9-15(16)11-22-20(17)14-7-5-4-6-8-14/h4-11H,12H2,1-3H3,(H,21,23). The van der Waals surface area contributed by atoms with Gasteiger partial charge in [-0.15, -0.1) is 0 Å². The first-order valence-electron chi connectivity index (χ1n) is 7.97. The number of aromatic nitrogens is 1. The molecular weight excluding hydrogens is 316 g/mol. The maximum atomic E-state index is 11.4. The van der Waals surface area contributed by atoms with E-state index < -0.39 is 0 Å². The molecule has 0 saturated heterocycles. The highest BCUT2D eigenvalue weighted by molar-refractivity contribution is 5.92. The Bertz CT molecular complexity index is 908. The van der Waals surface area contributed by atoms with Gasteiger partial charge in [0.05, 0.1) is 19.9 Å². The lowest BCUT2D eigenvalue weighted by molar-refractivity contribution is -0.119. The molecule has 2 aromatic carbocycles. The van der Waals surface area contributed by atoms with Crippen LogP contribution in [0.3, 0.4) is 0 Å². The number of ether oxygens (including phenoxy) is 2. The molecule has 3 rings (SSSR count). The van der Waals surface area contributed by atoms with Crippen molar-refractivity contribution in [3.8, 4) is 22.8 Å². The molecule has 0 radical (unpaired) electrons. The predicted octanol–water partition coefficient (Wildman–Crippen LogP) is 3.56. The molecule has 0 bridgehead atoms. The van der Waals surface area contributed by atoms with E-state index in [-0.39, 0.29) is 5.91 Å². The third kappa shape index (κ3) is 3.40. The minimum atomic E-state index is -0.0866. The number of hydrogen-bond acceptors (Lipinski definition) is 4. The topological polar surface area (TPSA) is 60.5 Å². The van der Waals surface area contributed by atoms with Gasteiger partial charge in [-0.3, -0.25) is 9.78 Å². The fourth-order valence-corrected chi connectivity index (χ4v) is 2.84. The fourth-order valence-electron chi connectivity index (χ4n) is 2.84. The third-order valence-corrected chi connectivity index (χ3v) is 4.06. The lowest BCUT2D eigenvalue weighted by Gasteiger charge is -2.15. The quantitative estimate of drug-likeness (QED) is 0.774. The van der Waals surface area contributed by atoms with Gasteiger partial charge in [-0.05, 0) is 17.5 Å². The average Bonchev–Trinajstić information content (AvgIpc) is 2.65. The summed E-state index contributed by atoms with van der Waals surface area (Å²) in [6.07, 6.45) is 1.82.